The van der Waals surface area contributed by atoms with Gasteiger partial charge in [-0.1, -0.05) is 36.0 Å². The fraction of sp³-hybridized carbons (Fsp3) is 0.222. The first-order chi connectivity index (χ1) is 13.2. The van der Waals surface area contributed by atoms with Gasteiger partial charge in [0, 0.05) is 10.3 Å². The van der Waals surface area contributed by atoms with E-state index < -0.39 is 0 Å². The molecule has 0 aliphatic heterocycles. The van der Waals surface area contributed by atoms with Gasteiger partial charge in [0.2, 0.25) is 11.1 Å². The van der Waals surface area contributed by atoms with E-state index in [9.17, 15) is 4.79 Å². The maximum Gasteiger partial charge on any atom is 0.231 e. The summed E-state index contributed by atoms with van der Waals surface area (Å²) in [5.74, 6) is 0.866. The van der Waals surface area contributed by atoms with E-state index >= 15 is 0 Å². The van der Waals surface area contributed by atoms with Crippen LogP contribution in [-0.2, 0) is 11.3 Å². The summed E-state index contributed by atoms with van der Waals surface area (Å²) in [6, 6.07) is 13.5. The number of carbonyl (C=O) groups excluding carboxylic acids is 1. The van der Waals surface area contributed by atoms with Crippen molar-refractivity contribution in [2.45, 2.75) is 24.7 Å². The molecule has 1 aromatic carbocycles. The number of thiophene rings is 1. The Balaban J connectivity index is 1.34. The van der Waals surface area contributed by atoms with Crippen LogP contribution in [0.5, 0.6) is 0 Å². The molecule has 0 unspecified atom stereocenters. The number of rotatable bonds is 7. The van der Waals surface area contributed by atoms with Gasteiger partial charge in [-0.2, -0.15) is 0 Å². The van der Waals surface area contributed by atoms with E-state index in [0.29, 0.717) is 11.7 Å². The Hall–Kier alpha value is -2.65. The molecular weight excluding hydrogens is 382 g/mol. The Morgan fingerprint density at radius 2 is 2.22 bits per heavy atom. The van der Waals surface area contributed by atoms with Crippen molar-refractivity contribution in [1.29, 1.82) is 0 Å². The Bertz CT molecular complexity index is 1010. The van der Waals surface area contributed by atoms with Crippen molar-refractivity contribution in [3.63, 3.8) is 0 Å². The quantitative estimate of drug-likeness (QED) is 0.479. The molecule has 1 N–H and O–H groups in total. The predicted molar refractivity (Wildman–Crippen MR) is 105 cm³/mol. The molecule has 0 radical (unpaired) electrons. The van der Waals surface area contributed by atoms with Crippen LogP contribution in [0.15, 0.2) is 57.4 Å². The largest absolute Gasteiger partial charge is 0.459 e. The number of furan rings is 1. The Morgan fingerprint density at radius 1 is 1.33 bits per heavy atom. The highest BCUT2D eigenvalue weighted by atomic mass is 32.2. The molecule has 0 bridgehead atoms. The Morgan fingerprint density at radius 3 is 3.04 bits per heavy atom. The van der Waals surface area contributed by atoms with Gasteiger partial charge in [-0.15, -0.1) is 16.4 Å². The first-order valence-electron chi connectivity index (χ1n) is 8.38. The fourth-order valence-electron chi connectivity index (χ4n) is 2.65. The lowest BCUT2D eigenvalue weighted by atomic mass is 10.2. The summed E-state index contributed by atoms with van der Waals surface area (Å²) < 4.78 is 7.50. The number of carbonyl (C=O) groups is 1. The minimum Gasteiger partial charge on any atom is -0.459 e. The number of hydrogen-bond acceptors (Lipinski definition) is 7. The van der Waals surface area contributed by atoms with E-state index in [1.54, 1.807) is 16.0 Å². The third kappa shape index (κ3) is 4.20. The van der Waals surface area contributed by atoms with Crippen LogP contribution in [0.25, 0.3) is 11.0 Å². The molecule has 0 saturated carbocycles. The maximum atomic E-state index is 12.3. The zero-order chi connectivity index (χ0) is 18.6. The van der Waals surface area contributed by atoms with Gasteiger partial charge in [0.05, 0.1) is 18.3 Å². The molecule has 9 heteroatoms. The minimum atomic E-state index is -0.215. The Kier molecular flexibility index (Phi) is 5.21. The van der Waals surface area contributed by atoms with E-state index in [-0.39, 0.29) is 17.7 Å². The van der Waals surface area contributed by atoms with Crippen LogP contribution in [0.2, 0.25) is 0 Å². The first-order valence-corrected chi connectivity index (χ1v) is 10.2. The molecular formula is C18H17N5O2S2. The normalized spacial score (nSPS) is 12.3. The highest BCUT2D eigenvalue weighted by Gasteiger charge is 2.16. The molecule has 0 aliphatic carbocycles. The molecule has 138 valence electrons. The van der Waals surface area contributed by atoms with E-state index in [0.717, 1.165) is 21.6 Å². The van der Waals surface area contributed by atoms with Gasteiger partial charge in [0.15, 0.2) is 0 Å². The van der Waals surface area contributed by atoms with Gasteiger partial charge in [-0.25, -0.2) is 4.68 Å². The molecule has 3 aromatic heterocycles. The second-order valence-corrected chi connectivity index (χ2v) is 7.94. The average Bonchev–Trinajstić information content (AvgIpc) is 3.41. The topological polar surface area (TPSA) is 85.8 Å². The monoisotopic (exact) mass is 399 g/mol. The standard InChI is InChI=1S/C18H17N5O2S2/c1-12(16-9-13-5-2-3-7-15(13)25-16)19-17(24)11-27-18-20-21-22-23(18)10-14-6-4-8-26-14/h2-9,12H,10-11H2,1H3,(H,19,24)/t12-/m1/s1. The van der Waals surface area contributed by atoms with Crippen LogP contribution in [0, 0.1) is 0 Å². The lowest BCUT2D eigenvalue weighted by Gasteiger charge is -2.11. The molecule has 0 fully saturated rings. The third-order valence-electron chi connectivity index (χ3n) is 3.97. The number of hydrogen-bond donors (Lipinski definition) is 1. The molecule has 1 atom stereocenters. The van der Waals surface area contributed by atoms with Crippen LogP contribution >= 0.6 is 23.1 Å². The lowest BCUT2D eigenvalue weighted by Crippen LogP contribution is -2.28. The number of thioether (sulfide) groups is 1. The molecule has 7 nitrogen and oxygen atoms in total. The smallest absolute Gasteiger partial charge is 0.231 e. The molecule has 0 saturated heterocycles. The molecule has 0 spiro atoms. The van der Waals surface area contributed by atoms with Gasteiger partial charge in [-0.05, 0) is 40.9 Å². The van der Waals surface area contributed by atoms with Crippen molar-refractivity contribution in [3.05, 3.63) is 58.5 Å². The predicted octanol–water partition coefficient (Wildman–Crippen LogP) is 3.50. The van der Waals surface area contributed by atoms with Crippen molar-refractivity contribution in [1.82, 2.24) is 25.5 Å². The summed E-state index contributed by atoms with van der Waals surface area (Å²) in [6.07, 6.45) is 0. The van der Waals surface area contributed by atoms with E-state index in [4.69, 9.17) is 4.42 Å². The summed E-state index contributed by atoms with van der Waals surface area (Å²) in [6.45, 7) is 2.51. The number of benzene rings is 1. The highest BCUT2D eigenvalue weighted by Crippen LogP contribution is 2.24. The van der Waals surface area contributed by atoms with Crippen LogP contribution in [0.4, 0.5) is 0 Å². The SMILES string of the molecule is C[C@@H](NC(=O)CSc1nnnn1Cc1cccs1)c1cc2ccccc2o1. The molecule has 0 aliphatic rings. The summed E-state index contributed by atoms with van der Waals surface area (Å²) in [5, 5.41) is 18.3. The summed E-state index contributed by atoms with van der Waals surface area (Å²) in [4.78, 5) is 13.5. The molecule has 1 amide bonds. The average molecular weight is 400 g/mol. The highest BCUT2D eigenvalue weighted by molar-refractivity contribution is 7.99. The van der Waals surface area contributed by atoms with E-state index in [1.165, 1.54) is 11.8 Å². The number of aromatic nitrogens is 4. The molecule has 4 aromatic rings. The summed E-state index contributed by atoms with van der Waals surface area (Å²) in [7, 11) is 0. The van der Waals surface area contributed by atoms with Crippen molar-refractivity contribution in [2.24, 2.45) is 0 Å². The lowest BCUT2D eigenvalue weighted by molar-refractivity contribution is -0.119. The van der Waals surface area contributed by atoms with Gasteiger partial charge in [0.25, 0.3) is 0 Å². The van der Waals surface area contributed by atoms with Crippen LogP contribution < -0.4 is 5.32 Å². The maximum absolute atomic E-state index is 12.3. The van der Waals surface area contributed by atoms with Gasteiger partial charge < -0.3 is 9.73 Å². The third-order valence-corrected chi connectivity index (χ3v) is 5.78. The van der Waals surface area contributed by atoms with Crippen molar-refractivity contribution in [3.8, 4) is 0 Å². The molecule has 27 heavy (non-hydrogen) atoms. The minimum absolute atomic E-state index is 0.0985. The number of nitrogens with one attached hydrogen (secondary N) is 1. The van der Waals surface area contributed by atoms with Crippen LogP contribution in [-0.4, -0.2) is 31.9 Å². The van der Waals surface area contributed by atoms with Crippen molar-refractivity contribution in [2.75, 3.05) is 5.75 Å². The first kappa shape index (κ1) is 17.7. The van der Waals surface area contributed by atoms with Gasteiger partial charge in [0.1, 0.15) is 11.3 Å². The Labute approximate surface area is 163 Å². The second-order valence-electron chi connectivity index (χ2n) is 5.96. The zero-order valence-corrected chi connectivity index (χ0v) is 16.2. The van der Waals surface area contributed by atoms with E-state index in [2.05, 4.69) is 20.8 Å². The van der Waals surface area contributed by atoms with Crippen molar-refractivity contribution >= 4 is 40.0 Å². The number of fused-ring (bicyclic) bond motifs is 1. The molecule has 4 rings (SSSR count). The van der Waals surface area contributed by atoms with Crippen molar-refractivity contribution < 1.29 is 9.21 Å². The molecule has 3 heterocycles. The number of para-hydroxylation sites is 1. The summed E-state index contributed by atoms with van der Waals surface area (Å²) >= 11 is 2.96. The van der Waals surface area contributed by atoms with Gasteiger partial charge in [-0.3, -0.25) is 4.79 Å². The van der Waals surface area contributed by atoms with Crippen LogP contribution in [0.3, 0.4) is 0 Å². The van der Waals surface area contributed by atoms with E-state index in [1.807, 2.05) is 54.8 Å². The van der Waals surface area contributed by atoms with Crippen LogP contribution in [0.1, 0.15) is 23.6 Å². The zero-order valence-electron chi connectivity index (χ0n) is 14.5. The second kappa shape index (κ2) is 7.93. The fourth-order valence-corrected chi connectivity index (χ4v) is 4.02. The number of nitrogens with zero attached hydrogens (tertiary/aromatic N) is 4. The summed E-state index contributed by atoms with van der Waals surface area (Å²) in [5.41, 5.74) is 0.815. The number of tetrazole rings is 1. The van der Waals surface area contributed by atoms with Gasteiger partial charge >= 0.3 is 0 Å². The number of amides is 1.